The molecule has 3 rings (SSSR count). The average Bonchev–Trinajstić information content (AvgIpc) is 2.98. The number of rotatable bonds is 6. The minimum absolute atomic E-state index is 0.175. The number of carboxylic acid groups (broad SMARTS) is 1. The molecule has 0 aliphatic carbocycles. The average molecular weight is 448 g/mol. The molecule has 0 radical (unpaired) electrons. The fourth-order valence-corrected chi connectivity index (χ4v) is 3.28. The predicted octanol–water partition coefficient (Wildman–Crippen LogP) is 5.02. The summed E-state index contributed by atoms with van der Waals surface area (Å²) in [6.07, 6.45) is 0. The largest absolute Gasteiger partial charge is 0.478 e. The van der Waals surface area contributed by atoms with Gasteiger partial charge in [-0.3, -0.25) is 4.79 Å². The number of aromatic carboxylic acids is 1. The van der Waals surface area contributed by atoms with E-state index in [2.05, 4.69) is 10.4 Å². The van der Waals surface area contributed by atoms with Crippen molar-refractivity contribution in [2.45, 2.75) is 19.9 Å². The molecule has 7 nitrogen and oxygen atoms in total. The van der Waals surface area contributed by atoms with Crippen molar-refractivity contribution in [1.29, 1.82) is 0 Å². The van der Waals surface area contributed by atoms with Crippen LogP contribution in [0.5, 0.6) is 11.6 Å². The molecule has 0 bridgehead atoms. The number of amides is 1. The molecule has 1 aromatic heterocycles. The smallest absolute Gasteiger partial charge is 0.335 e. The number of carbonyl (C=O) groups excluding carboxylic acids is 1. The summed E-state index contributed by atoms with van der Waals surface area (Å²) < 4.78 is 7.33. The van der Waals surface area contributed by atoms with Gasteiger partial charge >= 0.3 is 5.97 Å². The number of nitrogens with one attached hydrogen (secondary N) is 1. The van der Waals surface area contributed by atoms with Crippen molar-refractivity contribution in [2.24, 2.45) is 7.05 Å². The third-order valence-corrected chi connectivity index (χ3v) is 5.33. The highest BCUT2D eigenvalue weighted by atomic mass is 35.5. The fraction of sp³-hybridized carbons (Fsp3) is 0.190. The quantitative estimate of drug-likeness (QED) is 0.553. The maximum atomic E-state index is 13.0. The Morgan fingerprint density at radius 1 is 1.17 bits per heavy atom. The lowest BCUT2D eigenvalue weighted by molar-refractivity contribution is 0.0696. The molecule has 2 aromatic carbocycles. The predicted molar refractivity (Wildman–Crippen MR) is 114 cm³/mol. The van der Waals surface area contributed by atoms with Crippen molar-refractivity contribution >= 4 is 35.1 Å². The van der Waals surface area contributed by atoms with Crippen LogP contribution in [0, 0.1) is 6.92 Å². The molecule has 0 spiro atoms. The molecule has 156 valence electrons. The highest BCUT2D eigenvalue weighted by molar-refractivity contribution is 6.42. The Bertz CT molecular complexity index is 1110. The third kappa shape index (κ3) is 4.42. The number of benzene rings is 2. The van der Waals surface area contributed by atoms with Crippen LogP contribution in [-0.2, 0) is 7.05 Å². The van der Waals surface area contributed by atoms with E-state index in [9.17, 15) is 9.59 Å². The molecular weight excluding hydrogens is 429 g/mol. The summed E-state index contributed by atoms with van der Waals surface area (Å²) in [6.45, 7) is 3.50. The van der Waals surface area contributed by atoms with E-state index >= 15 is 0 Å². The lowest BCUT2D eigenvalue weighted by Gasteiger charge is -2.16. The Balaban J connectivity index is 1.85. The van der Waals surface area contributed by atoms with Crippen LogP contribution in [0.25, 0.3) is 0 Å². The molecule has 0 saturated heterocycles. The summed E-state index contributed by atoms with van der Waals surface area (Å²) in [7, 11) is 1.66. The van der Waals surface area contributed by atoms with Gasteiger partial charge in [0.2, 0.25) is 5.88 Å². The molecule has 30 heavy (non-hydrogen) atoms. The van der Waals surface area contributed by atoms with Gasteiger partial charge in [-0.15, -0.1) is 0 Å². The first-order chi connectivity index (χ1) is 14.2. The second kappa shape index (κ2) is 8.77. The zero-order valence-electron chi connectivity index (χ0n) is 16.4. The van der Waals surface area contributed by atoms with Gasteiger partial charge in [-0.05, 0) is 43.7 Å². The Hall–Kier alpha value is -3.03. The van der Waals surface area contributed by atoms with Gasteiger partial charge in [-0.1, -0.05) is 41.4 Å². The molecule has 0 saturated carbocycles. The standard InChI is InChI=1S/C21H19Cl2N3O4/c1-11(13-7-9-14(10-8-13)21(28)29)24-19(27)17-12(2)25-26(3)20(17)30-16-6-4-5-15(22)18(16)23/h4-11H,1-3H3,(H,24,27)(H,28,29)/t11-/m0/s1. The fourth-order valence-electron chi connectivity index (χ4n) is 2.95. The van der Waals surface area contributed by atoms with E-state index in [0.717, 1.165) is 5.56 Å². The maximum absolute atomic E-state index is 13.0. The van der Waals surface area contributed by atoms with Crippen molar-refractivity contribution < 1.29 is 19.4 Å². The summed E-state index contributed by atoms with van der Waals surface area (Å²) in [5.41, 5.74) is 1.68. The van der Waals surface area contributed by atoms with Crippen molar-refractivity contribution in [3.63, 3.8) is 0 Å². The third-order valence-electron chi connectivity index (χ3n) is 4.52. The van der Waals surface area contributed by atoms with Gasteiger partial charge in [-0.25, -0.2) is 9.48 Å². The van der Waals surface area contributed by atoms with Crippen LogP contribution in [0.3, 0.4) is 0 Å². The molecule has 9 heteroatoms. The number of carbonyl (C=O) groups is 2. The van der Waals surface area contributed by atoms with Gasteiger partial charge in [-0.2, -0.15) is 5.10 Å². The van der Waals surface area contributed by atoms with Gasteiger partial charge in [0.25, 0.3) is 5.91 Å². The number of halogens is 2. The Labute approximate surface area is 183 Å². The van der Waals surface area contributed by atoms with Crippen LogP contribution in [0.15, 0.2) is 42.5 Å². The van der Waals surface area contributed by atoms with Crippen molar-refractivity contribution in [1.82, 2.24) is 15.1 Å². The Morgan fingerprint density at radius 3 is 2.47 bits per heavy atom. The summed E-state index contributed by atoms with van der Waals surface area (Å²) in [5.74, 6) is -0.865. The van der Waals surface area contributed by atoms with Gasteiger partial charge in [0.05, 0.1) is 22.3 Å². The van der Waals surface area contributed by atoms with Crippen LogP contribution in [0.1, 0.15) is 44.9 Å². The molecule has 1 amide bonds. The second-order valence-corrected chi connectivity index (χ2v) is 7.45. The number of hydrogen-bond acceptors (Lipinski definition) is 4. The van der Waals surface area contributed by atoms with Gasteiger partial charge in [0.15, 0.2) is 0 Å². The SMILES string of the molecule is Cc1nn(C)c(Oc2cccc(Cl)c2Cl)c1C(=O)N[C@@H](C)c1ccc(C(=O)O)cc1. The maximum Gasteiger partial charge on any atom is 0.335 e. The normalized spacial score (nSPS) is 11.8. The number of nitrogens with zero attached hydrogens (tertiary/aromatic N) is 2. The minimum Gasteiger partial charge on any atom is -0.478 e. The summed E-state index contributed by atoms with van der Waals surface area (Å²) in [6, 6.07) is 10.9. The lowest BCUT2D eigenvalue weighted by Crippen LogP contribution is -2.27. The molecule has 0 aliphatic heterocycles. The first-order valence-corrected chi connectivity index (χ1v) is 9.74. The summed E-state index contributed by atoms with van der Waals surface area (Å²) in [5, 5.41) is 16.8. The number of aromatic nitrogens is 2. The van der Waals surface area contributed by atoms with Crippen molar-refractivity contribution in [3.8, 4) is 11.6 Å². The molecular formula is C21H19Cl2N3O4. The van der Waals surface area contributed by atoms with E-state index < -0.39 is 5.97 Å². The molecule has 2 N–H and O–H groups in total. The second-order valence-electron chi connectivity index (χ2n) is 6.67. The van der Waals surface area contributed by atoms with Crippen LogP contribution < -0.4 is 10.1 Å². The van der Waals surface area contributed by atoms with E-state index in [0.29, 0.717) is 16.5 Å². The number of aryl methyl sites for hydroxylation is 2. The van der Waals surface area contributed by atoms with Crippen LogP contribution in [0.2, 0.25) is 10.0 Å². The van der Waals surface area contributed by atoms with Crippen molar-refractivity contribution in [2.75, 3.05) is 0 Å². The molecule has 1 heterocycles. The number of ether oxygens (including phenoxy) is 1. The zero-order chi connectivity index (χ0) is 22.0. The molecule has 0 aliphatic rings. The minimum atomic E-state index is -1.01. The topological polar surface area (TPSA) is 93.5 Å². The van der Waals surface area contributed by atoms with E-state index in [-0.39, 0.29) is 34.0 Å². The van der Waals surface area contributed by atoms with Gasteiger partial charge < -0.3 is 15.2 Å². The highest BCUT2D eigenvalue weighted by Gasteiger charge is 2.24. The molecule has 3 aromatic rings. The molecule has 0 fully saturated rings. The van der Waals surface area contributed by atoms with E-state index in [4.69, 9.17) is 33.0 Å². The van der Waals surface area contributed by atoms with Crippen LogP contribution in [0.4, 0.5) is 0 Å². The van der Waals surface area contributed by atoms with Gasteiger partial charge in [0, 0.05) is 7.05 Å². The van der Waals surface area contributed by atoms with Crippen molar-refractivity contribution in [3.05, 3.63) is 74.9 Å². The van der Waals surface area contributed by atoms with E-state index in [1.807, 2.05) is 0 Å². The molecule has 1 atom stereocenters. The highest BCUT2D eigenvalue weighted by Crippen LogP contribution is 2.36. The first-order valence-electron chi connectivity index (χ1n) is 8.98. The van der Waals surface area contributed by atoms with E-state index in [1.165, 1.54) is 16.8 Å². The zero-order valence-corrected chi connectivity index (χ0v) is 18.0. The first kappa shape index (κ1) is 21.7. The lowest BCUT2D eigenvalue weighted by atomic mass is 10.1. The number of carboxylic acids is 1. The Morgan fingerprint density at radius 2 is 1.83 bits per heavy atom. The monoisotopic (exact) mass is 447 g/mol. The summed E-state index contributed by atoms with van der Waals surface area (Å²) in [4.78, 5) is 24.0. The van der Waals surface area contributed by atoms with Crippen LogP contribution in [-0.4, -0.2) is 26.8 Å². The molecule has 0 unspecified atom stereocenters. The van der Waals surface area contributed by atoms with E-state index in [1.54, 1.807) is 51.2 Å². The van der Waals surface area contributed by atoms with Crippen LogP contribution >= 0.6 is 23.2 Å². The summed E-state index contributed by atoms with van der Waals surface area (Å²) >= 11 is 12.2. The van der Waals surface area contributed by atoms with Gasteiger partial charge in [0.1, 0.15) is 16.3 Å². The number of hydrogen-bond donors (Lipinski definition) is 2. The Kier molecular flexibility index (Phi) is 6.34.